The molecule has 0 unspecified atom stereocenters. The molecule has 1 heteroatoms. The first-order chi connectivity index (χ1) is 29.5. The molecule has 60 heavy (non-hydrogen) atoms. The third-order valence-electron chi connectivity index (χ3n) is 12.7. The van der Waals surface area contributed by atoms with E-state index in [2.05, 4.69) is 243 Å². The van der Waals surface area contributed by atoms with Gasteiger partial charge in [-0.3, -0.25) is 0 Å². The van der Waals surface area contributed by atoms with E-state index in [0.717, 1.165) is 17.1 Å². The third kappa shape index (κ3) is 5.85. The normalized spacial score (nSPS) is 12.6. The zero-order valence-corrected chi connectivity index (χ0v) is 33.8. The van der Waals surface area contributed by atoms with Crippen molar-refractivity contribution in [1.29, 1.82) is 0 Å². The van der Waals surface area contributed by atoms with Crippen molar-refractivity contribution < 1.29 is 0 Å². The van der Waals surface area contributed by atoms with Crippen molar-refractivity contribution in [1.82, 2.24) is 0 Å². The quantitative estimate of drug-likeness (QED) is 0.146. The Morgan fingerprint density at radius 2 is 0.850 bits per heavy atom. The number of rotatable bonds is 7. The van der Waals surface area contributed by atoms with E-state index in [0.29, 0.717) is 0 Å². The first-order valence-electron chi connectivity index (χ1n) is 20.9. The molecule has 284 valence electrons. The Bertz CT molecular complexity index is 3220. The van der Waals surface area contributed by atoms with Crippen LogP contribution in [0.2, 0.25) is 0 Å². The van der Waals surface area contributed by atoms with Gasteiger partial charge < -0.3 is 4.90 Å². The molecule has 0 amide bonds. The smallest absolute Gasteiger partial charge is 0.0546 e. The van der Waals surface area contributed by atoms with Crippen LogP contribution in [-0.4, -0.2) is 0 Å². The number of hydrogen-bond donors (Lipinski definition) is 0. The number of nitrogens with zero attached hydrogens (tertiary/aromatic N) is 1. The summed E-state index contributed by atoms with van der Waals surface area (Å²) in [7, 11) is 0. The summed E-state index contributed by atoms with van der Waals surface area (Å²) in [4.78, 5) is 2.55. The summed E-state index contributed by atoms with van der Waals surface area (Å²) >= 11 is 0. The fourth-order valence-corrected chi connectivity index (χ4v) is 9.74. The topological polar surface area (TPSA) is 3.24 Å². The molecule has 10 aromatic rings. The van der Waals surface area contributed by atoms with Gasteiger partial charge in [-0.25, -0.2) is 0 Å². The number of anilines is 3. The van der Waals surface area contributed by atoms with E-state index in [9.17, 15) is 0 Å². The molecule has 0 aliphatic heterocycles. The molecule has 1 aliphatic carbocycles. The van der Waals surface area contributed by atoms with Crippen molar-refractivity contribution in [2.75, 3.05) is 4.90 Å². The van der Waals surface area contributed by atoms with Gasteiger partial charge in [0.2, 0.25) is 0 Å². The second-order valence-electron chi connectivity index (χ2n) is 16.5. The van der Waals surface area contributed by atoms with Gasteiger partial charge in [0.25, 0.3) is 0 Å². The Morgan fingerprint density at radius 1 is 0.317 bits per heavy atom. The Morgan fingerprint density at radius 3 is 1.57 bits per heavy atom. The second kappa shape index (κ2) is 14.4. The molecule has 1 aliphatic rings. The summed E-state index contributed by atoms with van der Waals surface area (Å²) in [6.45, 7) is 4.78. The largest absolute Gasteiger partial charge is 0.309 e. The molecule has 11 rings (SSSR count). The lowest BCUT2D eigenvalue weighted by molar-refractivity contribution is 0.660. The van der Waals surface area contributed by atoms with E-state index in [1.165, 1.54) is 88.3 Å². The Kier molecular flexibility index (Phi) is 8.57. The molecule has 0 heterocycles. The molecule has 0 atom stereocenters. The van der Waals surface area contributed by atoms with Gasteiger partial charge in [0, 0.05) is 22.1 Å². The average molecular weight is 766 g/mol. The van der Waals surface area contributed by atoms with Crippen LogP contribution in [-0.2, 0) is 5.41 Å². The van der Waals surface area contributed by atoms with Crippen LogP contribution in [0.4, 0.5) is 17.1 Å². The standard InChI is InChI=1S/C59H43N/c1-59(2)54-37-43(40-19-6-3-7-20-40)33-35-50(54)51-36-34-45(39-55(51)59)60(57-38-44-25-12-13-27-47(44)49-28-15-16-29-52(49)57)56-32-18-31-48(42-23-10-5-11-24-42)58(56)53-30-17-14-26-46(53)41-21-8-4-9-22-41/h3-39H,1-2H3. The van der Waals surface area contributed by atoms with Gasteiger partial charge in [0.15, 0.2) is 0 Å². The fourth-order valence-electron chi connectivity index (χ4n) is 9.74. The van der Waals surface area contributed by atoms with Gasteiger partial charge in [0.1, 0.15) is 0 Å². The monoisotopic (exact) mass is 765 g/mol. The van der Waals surface area contributed by atoms with Crippen molar-refractivity contribution in [2.45, 2.75) is 19.3 Å². The molecule has 0 bridgehead atoms. The van der Waals surface area contributed by atoms with Crippen molar-refractivity contribution in [3.63, 3.8) is 0 Å². The zero-order valence-electron chi connectivity index (χ0n) is 33.8. The highest BCUT2D eigenvalue weighted by Gasteiger charge is 2.37. The van der Waals surface area contributed by atoms with Crippen LogP contribution in [0.15, 0.2) is 224 Å². The molecule has 0 radical (unpaired) electrons. The molecule has 0 fully saturated rings. The van der Waals surface area contributed by atoms with Crippen LogP contribution in [0.3, 0.4) is 0 Å². The van der Waals surface area contributed by atoms with Crippen molar-refractivity contribution in [3.8, 4) is 55.6 Å². The van der Waals surface area contributed by atoms with Crippen LogP contribution in [0.25, 0.3) is 77.2 Å². The zero-order chi connectivity index (χ0) is 40.2. The van der Waals surface area contributed by atoms with Crippen molar-refractivity contribution >= 4 is 38.6 Å². The summed E-state index contributed by atoms with van der Waals surface area (Å²) in [5, 5.41) is 4.91. The Hall–Kier alpha value is -7.48. The predicted molar refractivity (Wildman–Crippen MR) is 255 cm³/mol. The highest BCUT2D eigenvalue weighted by Crippen LogP contribution is 2.54. The molecule has 0 saturated carbocycles. The number of hydrogen-bond acceptors (Lipinski definition) is 1. The van der Waals surface area contributed by atoms with Gasteiger partial charge in [-0.2, -0.15) is 0 Å². The highest BCUT2D eigenvalue weighted by atomic mass is 15.1. The summed E-state index contributed by atoms with van der Waals surface area (Å²) in [6, 6.07) is 82.6. The number of benzene rings is 10. The molecule has 0 aromatic heterocycles. The lowest BCUT2D eigenvalue weighted by Gasteiger charge is -2.32. The first kappa shape index (κ1) is 35.7. The molecular formula is C59H43N. The van der Waals surface area contributed by atoms with E-state index in [-0.39, 0.29) is 5.41 Å². The van der Waals surface area contributed by atoms with Gasteiger partial charge in [-0.1, -0.05) is 208 Å². The highest BCUT2D eigenvalue weighted by molar-refractivity contribution is 6.15. The van der Waals surface area contributed by atoms with Crippen molar-refractivity contribution in [3.05, 3.63) is 236 Å². The van der Waals surface area contributed by atoms with Gasteiger partial charge >= 0.3 is 0 Å². The van der Waals surface area contributed by atoms with Crippen LogP contribution < -0.4 is 4.90 Å². The summed E-state index contributed by atoms with van der Waals surface area (Å²) in [5.41, 5.74) is 18.1. The number of fused-ring (bicyclic) bond motifs is 6. The predicted octanol–water partition coefficient (Wildman–Crippen LogP) is 16.4. The lowest BCUT2D eigenvalue weighted by atomic mass is 9.81. The van der Waals surface area contributed by atoms with Crippen LogP contribution >= 0.6 is 0 Å². The molecule has 10 aromatic carbocycles. The van der Waals surface area contributed by atoms with E-state index in [4.69, 9.17) is 0 Å². The van der Waals surface area contributed by atoms with Gasteiger partial charge in [-0.15, -0.1) is 0 Å². The molecular weight excluding hydrogens is 723 g/mol. The van der Waals surface area contributed by atoms with Gasteiger partial charge in [-0.05, 0) is 108 Å². The van der Waals surface area contributed by atoms with Crippen LogP contribution in [0.1, 0.15) is 25.0 Å². The van der Waals surface area contributed by atoms with E-state index < -0.39 is 0 Å². The Labute approximate surface area is 352 Å². The third-order valence-corrected chi connectivity index (χ3v) is 12.7. The van der Waals surface area contributed by atoms with E-state index in [1.807, 2.05) is 0 Å². The summed E-state index contributed by atoms with van der Waals surface area (Å²) in [5.74, 6) is 0. The minimum atomic E-state index is -0.225. The lowest BCUT2D eigenvalue weighted by Crippen LogP contribution is -2.17. The summed E-state index contributed by atoms with van der Waals surface area (Å²) in [6.07, 6.45) is 0. The van der Waals surface area contributed by atoms with Crippen molar-refractivity contribution in [2.24, 2.45) is 0 Å². The molecule has 0 N–H and O–H groups in total. The van der Waals surface area contributed by atoms with E-state index in [1.54, 1.807) is 0 Å². The first-order valence-corrected chi connectivity index (χ1v) is 20.9. The molecule has 0 saturated heterocycles. The van der Waals surface area contributed by atoms with Gasteiger partial charge in [0.05, 0.1) is 11.4 Å². The van der Waals surface area contributed by atoms with E-state index >= 15 is 0 Å². The SMILES string of the molecule is CC1(C)c2cc(-c3ccccc3)ccc2-c2ccc(N(c3cccc(-c4ccccc4)c3-c3ccccc3-c3ccccc3)c3cc4ccccc4c4ccccc34)cc21. The minimum absolute atomic E-state index is 0.225. The minimum Gasteiger partial charge on any atom is -0.309 e. The average Bonchev–Trinajstić information content (AvgIpc) is 3.54. The molecule has 0 spiro atoms. The fraction of sp³-hybridized carbons (Fsp3) is 0.0508. The van der Waals surface area contributed by atoms with Crippen LogP contribution in [0.5, 0.6) is 0 Å². The molecule has 1 nitrogen and oxygen atoms in total. The maximum atomic E-state index is 2.55. The maximum absolute atomic E-state index is 2.55. The maximum Gasteiger partial charge on any atom is 0.0546 e. The summed E-state index contributed by atoms with van der Waals surface area (Å²) < 4.78 is 0. The van der Waals surface area contributed by atoms with Crippen LogP contribution in [0, 0.1) is 0 Å². The Balaban J connectivity index is 1.21. The second-order valence-corrected chi connectivity index (χ2v) is 16.5.